The van der Waals surface area contributed by atoms with Gasteiger partial charge in [-0.3, -0.25) is 9.80 Å². The smallest absolute Gasteiger partial charge is 0.321 e. The van der Waals surface area contributed by atoms with Gasteiger partial charge in [-0.15, -0.1) is 0 Å². The Morgan fingerprint density at radius 2 is 1.72 bits per heavy atom. The Kier molecular flexibility index (Phi) is 8.82. The highest BCUT2D eigenvalue weighted by atomic mass is 16.5. The summed E-state index contributed by atoms with van der Waals surface area (Å²) in [6.07, 6.45) is 4.01. The number of methoxy groups -OCH3 is 2. The molecule has 1 aliphatic rings. The Hall–Kier alpha value is -2.70. The molecule has 0 unspecified atom stereocenters. The molecule has 6 nitrogen and oxygen atoms in total. The highest BCUT2D eigenvalue weighted by molar-refractivity contribution is 5.92. The van der Waals surface area contributed by atoms with Crippen molar-refractivity contribution in [3.8, 4) is 0 Å². The zero-order valence-electron chi connectivity index (χ0n) is 19.3. The first kappa shape index (κ1) is 24.0. The lowest BCUT2D eigenvalue weighted by Gasteiger charge is -2.36. The van der Waals surface area contributed by atoms with Crippen LogP contribution in [-0.2, 0) is 24.4 Å². The second kappa shape index (κ2) is 11.8. The first-order valence-electron chi connectivity index (χ1n) is 11.2. The molecule has 0 spiro atoms. The van der Waals surface area contributed by atoms with Crippen LogP contribution in [-0.4, -0.2) is 63.8 Å². The van der Waals surface area contributed by atoms with Gasteiger partial charge in [0.15, 0.2) is 0 Å². The number of carbonyl (C=O) groups is 1. The van der Waals surface area contributed by atoms with Crippen molar-refractivity contribution in [2.75, 3.05) is 40.6 Å². The minimum Gasteiger partial charge on any atom is -0.468 e. The summed E-state index contributed by atoms with van der Waals surface area (Å²) in [5.41, 5.74) is 0.779. The van der Waals surface area contributed by atoms with Gasteiger partial charge in [0.2, 0.25) is 0 Å². The number of esters is 1. The normalized spacial score (nSPS) is 17.6. The van der Waals surface area contributed by atoms with E-state index in [4.69, 9.17) is 19.3 Å². The Balaban J connectivity index is 1.90. The van der Waals surface area contributed by atoms with Gasteiger partial charge < -0.3 is 14.2 Å². The molecule has 1 saturated heterocycles. The van der Waals surface area contributed by atoms with Crippen LogP contribution >= 0.6 is 0 Å². The minimum absolute atomic E-state index is 0.233. The monoisotopic (exact) mass is 438 g/mol. The fraction of sp³-hybridized carbons (Fsp3) is 0.462. The second-order valence-electron chi connectivity index (χ2n) is 8.11. The lowest BCUT2D eigenvalue weighted by molar-refractivity contribution is -0.146. The van der Waals surface area contributed by atoms with E-state index in [9.17, 15) is 4.79 Å². The fourth-order valence-electron chi connectivity index (χ4n) is 4.48. The van der Waals surface area contributed by atoms with Crippen LogP contribution in [0.1, 0.15) is 30.9 Å². The Morgan fingerprint density at radius 1 is 1.09 bits per heavy atom. The molecule has 0 aliphatic carbocycles. The molecule has 0 saturated carbocycles. The predicted octanol–water partition coefficient (Wildman–Crippen LogP) is 3.90. The van der Waals surface area contributed by atoms with Crippen molar-refractivity contribution in [2.24, 2.45) is 11.0 Å². The maximum atomic E-state index is 13.4. The van der Waals surface area contributed by atoms with Gasteiger partial charge in [0.25, 0.3) is 0 Å². The van der Waals surface area contributed by atoms with Gasteiger partial charge in [-0.25, -0.2) is 0 Å². The summed E-state index contributed by atoms with van der Waals surface area (Å²) >= 11 is 0. The van der Waals surface area contributed by atoms with E-state index in [0.717, 1.165) is 30.5 Å². The molecule has 6 heteroatoms. The van der Waals surface area contributed by atoms with Gasteiger partial charge in [0.05, 0.1) is 33.0 Å². The molecule has 0 N–H and O–H groups in total. The quantitative estimate of drug-likeness (QED) is 0.303. The lowest BCUT2D eigenvalue weighted by Crippen LogP contribution is -2.45. The van der Waals surface area contributed by atoms with Gasteiger partial charge >= 0.3 is 5.97 Å². The third kappa shape index (κ3) is 5.19. The maximum Gasteiger partial charge on any atom is 0.321 e. The van der Waals surface area contributed by atoms with Crippen molar-refractivity contribution in [3.05, 3.63) is 71.8 Å². The number of ether oxygens (including phenoxy) is 3. The fourth-order valence-corrected chi connectivity index (χ4v) is 4.48. The van der Waals surface area contributed by atoms with E-state index in [1.54, 1.807) is 7.11 Å². The van der Waals surface area contributed by atoms with E-state index in [1.807, 2.05) is 73.8 Å². The van der Waals surface area contributed by atoms with Crippen LogP contribution in [0.5, 0.6) is 0 Å². The van der Waals surface area contributed by atoms with Gasteiger partial charge in [-0.2, -0.15) is 5.10 Å². The summed E-state index contributed by atoms with van der Waals surface area (Å²) in [4.78, 5) is 13.4. The number of hydrogen-bond acceptors (Lipinski definition) is 6. The molecule has 1 fully saturated rings. The molecule has 2 aromatic carbocycles. The van der Waals surface area contributed by atoms with Crippen LogP contribution in [0.4, 0.5) is 0 Å². The average molecular weight is 439 g/mol. The Morgan fingerprint density at radius 3 is 2.28 bits per heavy atom. The molecule has 0 aromatic heterocycles. The SMILES string of the molecule is COCCOC[C@@H]1CCCN1/N=C\[C@H](C)C(C(=O)OC)(c1ccccc1)c1ccccc1. The van der Waals surface area contributed by atoms with Crippen molar-refractivity contribution < 1.29 is 19.0 Å². The van der Waals surface area contributed by atoms with Gasteiger partial charge in [0, 0.05) is 25.8 Å². The summed E-state index contributed by atoms with van der Waals surface area (Å²) in [5, 5.41) is 6.91. The van der Waals surface area contributed by atoms with Crippen LogP contribution in [0.15, 0.2) is 65.8 Å². The maximum absolute atomic E-state index is 13.4. The summed E-state index contributed by atoms with van der Waals surface area (Å²) in [6.45, 7) is 4.69. The number of hydrogen-bond donors (Lipinski definition) is 0. The average Bonchev–Trinajstić information content (AvgIpc) is 3.29. The molecule has 2 aromatic rings. The van der Waals surface area contributed by atoms with Crippen LogP contribution in [0, 0.1) is 5.92 Å². The highest BCUT2D eigenvalue weighted by Gasteiger charge is 2.47. The predicted molar refractivity (Wildman–Crippen MR) is 126 cm³/mol. The van der Waals surface area contributed by atoms with Crippen LogP contribution in [0.3, 0.4) is 0 Å². The topological polar surface area (TPSA) is 60.4 Å². The largest absolute Gasteiger partial charge is 0.468 e. The minimum atomic E-state index is -0.995. The van der Waals surface area contributed by atoms with E-state index in [-0.39, 0.29) is 17.9 Å². The second-order valence-corrected chi connectivity index (χ2v) is 8.11. The molecule has 1 aliphatic heterocycles. The number of hydrazone groups is 1. The van der Waals surface area contributed by atoms with Crippen molar-refractivity contribution in [3.63, 3.8) is 0 Å². The summed E-state index contributed by atoms with van der Waals surface area (Å²) in [5.74, 6) is -0.537. The van der Waals surface area contributed by atoms with E-state index < -0.39 is 5.41 Å². The van der Waals surface area contributed by atoms with Gasteiger partial charge in [0.1, 0.15) is 5.41 Å². The van der Waals surface area contributed by atoms with Gasteiger partial charge in [-0.1, -0.05) is 67.6 Å². The molecule has 2 atom stereocenters. The molecule has 0 amide bonds. The molecule has 1 heterocycles. The van der Waals surface area contributed by atoms with E-state index in [2.05, 4.69) is 5.01 Å². The molecular weight excluding hydrogens is 404 g/mol. The zero-order chi connectivity index (χ0) is 22.8. The molecule has 172 valence electrons. The Bertz CT molecular complexity index is 817. The number of nitrogens with zero attached hydrogens (tertiary/aromatic N) is 2. The molecule has 0 bridgehead atoms. The number of rotatable bonds is 11. The van der Waals surface area contributed by atoms with Crippen LogP contribution in [0.25, 0.3) is 0 Å². The molecule has 0 radical (unpaired) electrons. The highest BCUT2D eigenvalue weighted by Crippen LogP contribution is 2.40. The number of carbonyl (C=O) groups excluding carboxylic acids is 1. The first-order valence-corrected chi connectivity index (χ1v) is 11.2. The molecule has 32 heavy (non-hydrogen) atoms. The Labute approximate surface area is 191 Å². The van der Waals surface area contributed by atoms with Crippen LogP contribution in [0.2, 0.25) is 0 Å². The molecular formula is C26H34N2O4. The first-order chi connectivity index (χ1) is 15.6. The molecule has 3 rings (SSSR count). The van der Waals surface area contributed by atoms with Crippen LogP contribution < -0.4 is 0 Å². The number of benzene rings is 2. The summed E-state index contributed by atoms with van der Waals surface area (Å²) in [6, 6.07) is 19.9. The van der Waals surface area contributed by atoms with Crippen molar-refractivity contribution in [1.29, 1.82) is 0 Å². The van der Waals surface area contributed by atoms with Crippen molar-refractivity contribution >= 4 is 12.2 Å². The van der Waals surface area contributed by atoms with Crippen molar-refractivity contribution in [2.45, 2.75) is 31.2 Å². The van der Waals surface area contributed by atoms with Gasteiger partial charge in [-0.05, 0) is 24.0 Å². The van der Waals surface area contributed by atoms with E-state index >= 15 is 0 Å². The van der Waals surface area contributed by atoms with Crippen molar-refractivity contribution in [1.82, 2.24) is 5.01 Å². The third-order valence-corrected chi connectivity index (χ3v) is 6.18. The summed E-state index contributed by atoms with van der Waals surface area (Å²) < 4.78 is 16.2. The van der Waals surface area contributed by atoms with E-state index in [0.29, 0.717) is 19.8 Å². The lowest BCUT2D eigenvalue weighted by atomic mass is 9.66. The van der Waals surface area contributed by atoms with E-state index in [1.165, 1.54) is 7.11 Å². The zero-order valence-corrected chi connectivity index (χ0v) is 19.3. The summed E-state index contributed by atoms with van der Waals surface area (Å²) in [7, 11) is 3.12. The standard InChI is InChI=1S/C26H34N2O4/c1-21(19-27-28-16-10-15-24(28)20-32-18-17-30-2)26(25(29)31-3,22-11-6-4-7-12-22)23-13-8-5-9-14-23/h4-9,11-14,19,21,24H,10,15-18,20H2,1-3H3/b27-19-/t21-,24-/m0/s1. The third-order valence-electron chi connectivity index (χ3n) is 6.18.